The van der Waals surface area contributed by atoms with E-state index < -0.39 is 0 Å². The van der Waals surface area contributed by atoms with Gasteiger partial charge in [-0.05, 0) is 32.0 Å². The maximum Gasteiger partial charge on any atom is 0.251 e. The number of aryl methyl sites for hydroxylation is 1. The maximum atomic E-state index is 11.8. The van der Waals surface area contributed by atoms with E-state index in [0.29, 0.717) is 0 Å². The summed E-state index contributed by atoms with van der Waals surface area (Å²) in [6, 6.07) is 7.96. The van der Waals surface area contributed by atoms with E-state index >= 15 is 0 Å². The van der Waals surface area contributed by atoms with Gasteiger partial charge in [0.25, 0.3) is 5.91 Å². The van der Waals surface area contributed by atoms with Gasteiger partial charge < -0.3 is 10.6 Å². The van der Waals surface area contributed by atoms with Gasteiger partial charge in [-0.2, -0.15) is 0 Å². The minimum atomic E-state index is 0. The summed E-state index contributed by atoms with van der Waals surface area (Å²) in [6.07, 6.45) is 1.03. The topological polar surface area (TPSA) is 41.1 Å². The van der Waals surface area contributed by atoms with Crippen LogP contribution in [0.1, 0.15) is 22.3 Å². The van der Waals surface area contributed by atoms with Crippen molar-refractivity contribution >= 4 is 18.3 Å². The molecule has 1 heterocycles. The lowest BCUT2D eigenvalue weighted by atomic mass is 10.1. The third-order valence-electron chi connectivity index (χ3n) is 2.68. The molecule has 0 saturated carbocycles. The second-order valence-corrected chi connectivity index (χ2v) is 4.03. The summed E-state index contributed by atoms with van der Waals surface area (Å²) >= 11 is 0. The minimum Gasteiger partial charge on any atom is -0.348 e. The molecule has 1 aromatic rings. The lowest BCUT2D eigenvalue weighted by molar-refractivity contribution is 0.0940. The number of amides is 1. The van der Waals surface area contributed by atoms with E-state index in [1.54, 1.807) is 0 Å². The third-order valence-corrected chi connectivity index (χ3v) is 2.68. The average Bonchev–Trinajstić information content (AvgIpc) is 2.70. The molecule has 1 aliphatic rings. The van der Waals surface area contributed by atoms with E-state index in [4.69, 9.17) is 0 Å². The molecule has 4 heteroatoms. The molecule has 1 fully saturated rings. The number of carbonyl (C=O) groups is 1. The average molecular weight is 241 g/mol. The van der Waals surface area contributed by atoms with E-state index in [9.17, 15) is 4.79 Å². The highest BCUT2D eigenvalue weighted by Gasteiger charge is 2.17. The summed E-state index contributed by atoms with van der Waals surface area (Å²) in [4.78, 5) is 11.8. The summed E-state index contributed by atoms with van der Waals surface area (Å²) < 4.78 is 0. The fourth-order valence-electron chi connectivity index (χ4n) is 1.83. The van der Waals surface area contributed by atoms with Crippen molar-refractivity contribution in [2.45, 2.75) is 19.4 Å². The molecule has 1 atom stereocenters. The SMILES string of the molecule is Cc1cccc(C(=O)N[C@@H]2CCNC2)c1.Cl. The van der Waals surface area contributed by atoms with Crippen LogP contribution in [0.5, 0.6) is 0 Å². The molecule has 0 spiro atoms. The smallest absolute Gasteiger partial charge is 0.251 e. The van der Waals surface area contributed by atoms with E-state index in [0.717, 1.165) is 30.6 Å². The van der Waals surface area contributed by atoms with Crippen molar-refractivity contribution in [3.63, 3.8) is 0 Å². The van der Waals surface area contributed by atoms with Crippen molar-refractivity contribution in [2.24, 2.45) is 0 Å². The van der Waals surface area contributed by atoms with Crippen LogP contribution in [0.25, 0.3) is 0 Å². The van der Waals surface area contributed by atoms with Crippen molar-refractivity contribution < 1.29 is 4.79 Å². The van der Waals surface area contributed by atoms with Crippen molar-refractivity contribution in [1.82, 2.24) is 10.6 Å². The summed E-state index contributed by atoms with van der Waals surface area (Å²) in [6.45, 7) is 3.88. The van der Waals surface area contributed by atoms with Gasteiger partial charge in [0.1, 0.15) is 0 Å². The van der Waals surface area contributed by atoms with Crippen LogP contribution in [0.2, 0.25) is 0 Å². The number of halogens is 1. The van der Waals surface area contributed by atoms with Gasteiger partial charge in [-0.3, -0.25) is 4.79 Å². The number of hydrogen-bond acceptors (Lipinski definition) is 2. The summed E-state index contributed by atoms with van der Waals surface area (Å²) in [5.74, 6) is 0.0346. The second-order valence-electron chi connectivity index (χ2n) is 4.03. The fraction of sp³-hybridized carbons (Fsp3) is 0.417. The van der Waals surface area contributed by atoms with Crippen LogP contribution in [-0.4, -0.2) is 25.0 Å². The minimum absolute atomic E-state index is 0. The molecule has 1 aromatic carbocycles. The zero-order chi connectivity index (χ0) is 10.7. The van der Waals surface area contributed by atoms with Crippen LogP contribution in [0.15, 0.2) is 24.3 Å². The van der Waals surface area contributed by atoms with E-state index in [1.165, 1.54) is 0 Å². The number of benzene rings is 1. The van der Waals surface area contributed by atoms with Crippen molar-refractivity contribution in [2.75, 3.05) is 13.1 Å². The largest absolute Gasteiger partial charge is 0.348 e. The summed E-state index contributed by atoms with van der Waals surface area (Å²) in [5.41, 5.74) is 1.87. The molecule has 0 bridgehead atoms. The highest BCUT2D eigenvalue weighted by molar-refractivity contribution is 5.94. The molecule has 1 aliphatic heterocycles. The van der Waals surface area contributed by atoms with Crippen LogP contribution in [0.3, 0.4) is 0 Å². The highest BCUT2D eigenvalue weighted by atomic mass is 35.5. The Hall–Kier alpha value is -1.06. The second kappa shape index (κ2) is 5.87. The van der Waals surface area contributed by atoms with Gasteiger partial charge in [0.2, 0.25) is 0 Å². The van der Waals surface area contributed by atoms with Crippen molar-refractivity contribution in [3.05, 3.63) is 35.4 Å². The van der Waals surface area contributed by atoms with Crippen LogP contribution in [-0.2, 0) is 0 Å². The van der Waals surface area contributed by atoms with Crippen LogP contribution in [0.4, 0.5) is 0 Å². The van der Waals surface area contributed by atoms with E-state index in [1.807, 2.05) is 31.2 Å². The molecule has 0 unspecified atom stereocenters. The summed E-state index contributed by atoms with van der Waals surface area (Å²) in [5, 5.41) is 6.25. The Bertz CT molecular complexity index is 362. The Balaban J connectivity index is 0.00000128. The Morgan fingerprint density at radius 3 is 2.94 bits per heavy atom. The Morgan fingerprint density at radius 2 is 2.31 bits per heavy atom. The molecule has 0 radical (unpaired) electrons. The Morgan fingerprint density at radius 1 is 1.50 bits per heavy atom. The van der Waals surface area contributed by atoms with Gasteiger partial charge in [0.05, 0.1) is 0 Å². The molecule has 2 rings (SSSR count). The van der Waals surface area contributed by atoms with Crippen molar-refractivity contribution in [1.29, 1.82) is 0 Å². The number of hydrogen-bond donors (Lipinski definition) is 2. The first-order chi connectivity index (χ1) is 7.25. The maximum absolute atomic E-state index is 11.8. The zero-order valence-corrected chi connectivity index (χ0v) is 10.1. The lowest BCUT2D eigenvalue weighted by Gasteiger charge is -2.11. The predicted octanol–water partition coefficient (Wildman–Crippen LogP) is 1.51. The van der Waals surface area contributed by atoms with Crippen LogP contribution < -0.4 is 10.6 Å². The first-order valence-electron chi connectivity index (χ1n) is 5.34. The van der Waals surface area contributed by atoms with Gasteiger partial charge in [0.15, 0.2) is 0 Å². The Labute approximate surface area is 102 Å². The molecular weight excluding hydrogens is 224 g/mol. The standard InChI is InChI=1S/C12H16N2O.ClH/c1-9-3-2-4-10(7-9)12(15)14-11-5-6-13-8-11;/h2-4,7,11,13H,5-6,8H2,1H3,(H,14,15);1H/t11-;/m1./s1. The van der Waals surface area contributed by atoms with Crippen molar-refractivity contribution in [3.8, 4) is 0 Å². The first kappa shape index (κ1) is 13.0. The van der Waals surface area contributed by atoms with Gasteiger partial charge in [-0.25, -0.2) is 0 Å². The molecule has 3 nitrogen and oxygen atoms in total. The third kappa shape index (κ3) is 3.22. The quantitative estimate of drug-likeness (QED) is 0.823. The predicted molar refractivity (Wildman–Crippen MR) is 67.2 cm³/mol. The molecule has 2 N–H and O–H groups in total. The van der Waals surface area contributed by atoms with Crippen LogP contribution >= 0.6 is 12.4 Å². The molecule has 0 aromatic heterocycles. The number of nitrogens with one attached hydrogen (secondary N) is 2. The monoisotopic (exact) mass is 240 g/mol. The summed E-state index contributed by atoms with van der Waals surface area (Å²) in [7, 11) is 0. The molecule has 1 saturated heterocycles. The molecular formula is C12H17ClN2O. The highest BCUT2D eigenvalue weighted by Crippen LogP contribution is 2.05. The molecule has 1 amide bonds. The lowest BCUT2D eigenvalue weighted by Crippen LogP contribution is -2.36. The van der Waals surface area contributed by atoms with E-state index in [2.05, 4.69) is 10.6 Å². The molecule has 0 aliphatic carbocycles. The van der Waals surface area contributed by atoms with Gasteiger partial charge in [-0.15, -0.1) is 12.4 Å². The van der Waals surface area contributed by atoms with Gasteiger partial charge >= 0.3 is 0 Å². The van der Waals surface area contributed by atoms with E-state index in [-0.39, 0.29) is 24.4 Å². The number of rotatable bonds is 2. The van der Waals surface area contributed by atoms with Crippen LogP contribution in [0, 0.1) is 6.92 Å². The molecule has 16 heavy (non-hydrogen) atoms. The van der Waals surface area contributed by atoms with Gasteiger partial charge in [0, 0.05) is 18.2 Å². The zero-order valence-electron chi connectivity index (χ0n) is 9.32. The number of carbonyl (C=O) groups excluding carboxylic acids is 1. The Kier molecular flexibility index (Phi) is 4.77. The molecule has 88 valence electrons. The fourth-order valence-corrected chi connectivity index (χ4v) is 1.83. The van der Waals surface area contributed by atoms with Gasteiger partial charge in [-0.1, -0.05) is 17.7 Å². The first-order valence-corrected chi connectivity index (χ1v) is 5.34. The normalized spacial score (nSPS) is 18.9.